The first-order chi connectivity index (χ1) is 8.57. The molecule has 102 valence electrons. The van der Waals surface area contributed by atoms with Crippen LogP contribution in [0, 0.1) is 0 Å². The fourth-order valence-corrected chi connectivity index (χ4v) is 2.51. The first kappa shape index (κ1) is 14.9. The maximum absolute atomic E-state index is 11.6. The molecule has 1 aromatic rings. The molecule has 0 atom stereocenters. The van der Waals surface area contributed by atoms with Gasteiger partial charge in [0, 0.05) is 6.54 Å². The molecule has 1 rings (SSSR count). The molecule has 0 saturated heterocycles. The molecular weight excluding hydrogens is 250 g/mol. The zero-order valence-electron chi connectivity index (χ0n) is 10.6. The topological polar surface area (TPSA) is 84.2 Å². The van der Waals surface area contributed by atoms with Gasteiger partial charge in [0.05, 0.1) is 5.69 Å². The number of nitrogens with one attached hydrogen (secondary N) is 2. The van der Waals surface area contributed by atoms with E-state index in [9.17, 15) is 8.42 Å². The van der Waals surface area contributed by atoms with Crippen molar-refractivity contribution in [1.29, 1.82) is 0 Å². The van der Waals surface area contributed by atoms with Crippen LogP contribution in [-0.4, -0.2) is 21.5 Å². The van der Waals surface area contributed by atoms with Crippen molar-refractivity contribution in [2.45, 2.75) is 26.2 Å². The molecule has 4 N–H and O–H groups in total. The second-order valence-electron chi connectivity index (χ2n) is 4.09. The first-order valence-electron chi connectivity index (χ1n) is 6.14. The zero-order valence-corrected chi connectivity index (χ0v) is 11.5. The van der Waals surface area contributed by atoms with Crippen molar-refractivity contribution in [1.82, 2.24) is 4.72 Å². The summed E-state index contributed by atoms with van der Waals surface area (Å²) in [5.41, 5.74) is 7.11. The smallest absolute Gasteiger partial charge is 0.299 e. The minimum atomic E-state index is -3.46. The normalized spacial score (nSPS) is 11.4. The number of benzene rings is 1. The van der Waals surface area contributed by atoms with Crippen molar-refractivity contribution in [2.24, 2.45) is 5.73 Å². The Hall–Kier alpha value is -1.11. The summed E-state index contributed by atoms with van der Waals surface area (Å²) in [7, 11) is -3.46. The molecule has 0 saturated carbocycles. The van der Waals surface area contributed by atoms with Crippen LogP contribution in [0.2, 0.25) is 0 Å². The van der Waals surface area contributed by atoms with Crippen LogP contribution in [0.4, 0.5) is 5.69 Å². The first-order valence-corrected chi connectivity index (χ1v) is 7.62. The van der Waals surface area contributed by atoms with Crippen LogP contribution >= 0.6 is 0 Å². The SMILES string of the molecule is CCCNS(=O)(=O)Nc1cccc(CCCN)c1. The molecule has 1 aromatic carbocycles. The Balaban J connectivity index is 2.66. The van der Waals surface area contributed by atoms with E-state index in [0.717, 1.165) is 24.8 Å². The Morgan fingerprint density at radius 2 is 2.11 bits per heavy atom. The molecule has 0 aliphatic carbocycles. The van der Waals surface area contributed by atoms with Gasteiger partial charge in [0.1, 0.15) is 0 Å². The number of hydrogen-bond donors (Lipinski definition) is 3. The number of hydrogen-bond acceptors (Lipinski definition) is 3. The maximum Gasteiger partial charge on any atom is 0.299 e. The Morgan fingerprint density at radius 3 is 2.78 bits per heavy atom. The maximum atomic E-state index is 11.6. The van der Waals surface area contributed by atoms with Crippen molar-refractivity contribution < 1.29 is 8.42 Å². The van der Waals surface area contributed by atoms with Crippen LogP contribution in [0.15, 0.2) is 24.3 Å². The van der Waals surface area contributed by atoms with Gasteiger partial charge in [-0.15, -0.1) is 0 Å². The van der Waals surface area contributed by atoms with Gasteiger partial charge in [0.2, 0.25) is 0 Å². The lowest BCUT2D eigenvalue weighted by Gasteiger charge is -2.09. The summed E-state index contributed by atoms with van der Waals surface area (Å²) in [4.78, 5) is 0. The highest BCUT2D eigenvalue weighted by molar-refractivity contribution is 7.90. The standard InChI is InChI=1S/C12H21N3O2S/c1-2-9-14-18(16,17)15-12-7-3-5-11(10-12)6-4-8-13/h3,5,7,10,14-15H,2,4,6,8-9,13H2,1H3. The highest BCUT2D eigenvalue weighted by Gasteiger charge is 2.08. The summed E-state index contributed by atoms with van der Waals surface area (Å²) in [6.45, 7) is 2.98. The molecule has 6 heteroatoms. The number of rotatable bonds is 8. The molecule has 5 nitrogen and oxygen atoms in total. The van der Waals surface area contributed by atoms with Crippen LogP contribution in [0.25, 0.3) is 0 Å². The van der Waals surface area contributed by atoms with Crippen molar-refractivity contribution >= 4 is 15.9 Å². The van der Waals surface area contributed by atoms with Crippen molar-refractivity contribution in [3.8, 4) is 0 Å². The Labute approximate surface area is 109 Å². The quantitative estimate of drug-likeness (QED) is 0.665. The third-order valence-electron chi connectivity index (χ3n) is 2.39. The molecule has 0 unspecified atom stereocenters. The van der Waals surface area contributed by atoms with Crippen LogP contribution in [0.1, 0.15) is 25.3 Å². The highest BCUT2D eigenvalue weighted by Crippen LogP contribution is 2.13. The Morgan fingerprint density at radius 1 is 1.33 bits per heavy atom. The molecule has 0 spiro atoms. The summed E-state index contributed by atoms with van der Waals surface area (Å²) >= 11 is 0. The van der Waals surface area contributed by atoms with E-state index in [-0.39, 0.29) is 0 Å². The largest absolute Gasteiger partial charge is 0.330 e. The lowest BCUT2D eigenvalue weighted by Crippen LogP contribution is -2.30. The number of aryl methyl sites for hydroxylation is 1. The second kappa shape index (κ2) is 7.35. The van der Waals surface area contributed by atoms with E-state index in [1.54, 1.807) is 6.07 Å². The number of anilines is 1. The van der Waals surface area contributed by atoms with E-state index in [1.807, 2.05) is 25.1 Å². The minimum absolute atomic E-state index is 0.433. The summed E-state index contributed by atoms with van der Waals surface area (Å²) in [5, 5.41) is 0. The van der Waals surface area contributed by atoms with Gasteiger partial charge in [-0.3, -0.25) is 4.72 Å². The third kappa shape index (κ3) is 5.48. The molecule has 0 aliphatic rings. The van der Waals surface area contributed by atoms with Gasteiger partial charge in [0.15, 0.2) is 0 Å². The average molecular weight is 271 g/mol. The van der Waals surface area contributed by atoms with Gasteiger partial charge < -0.3 is 5.73 Å². The van der Waals surface area contributed by atoms with Gasteiger partial charge in [-0.1, -0.05) is 19.1 Å². The van der Waals surface area contributed by atoms with Gasteiger partial charge in [0.25, 0.3) is 10.2 Å². The van der Waals surface area contributed by atoms with E-state index in [1.165, 1.54) is 0 Å². The molecule has 18 heavy (non-hydrogen) atoms. The van der Waals surface area contributed by atoms with Crippen LogP contribution < -0.4 is 15.2 Å². The van der Waals surface area contributed by atoms with E-state index in [0.29, 0.717) is 18.8 Å². The highest BCUT2D eigenvalue weighted by atomic mass is 32.2. The molecule has 0 heterocycles. The van der Waals surface area contributed by atoms with Gasteiger partial charge in [-0.25, -0.2) is 0 Å². The van der Waals surface area contributed by atoms with Crippen LogP contribution in [0.3, 0.4) is 0 Å². The van der Waals surface area contributed by atoms with Crippen molar-refractivity contribution in [3.63, 3.8) is 0 Å². The zero-order chi connectivity index (χ0) is 13.4. The summed E-state index contributed by atoms with van der Waals surface area (Å²) in [6.07, 6.45) is 2.51. The summed E-state index contributed by atoms with van der Waals surface area (Å²) in [6, 6.07) is 7.37. The summed E-state index contributed by atoms with van der Waals surface area (Å²) in [5.74, 6) is 0. The fourth-order valence-electron chi connectivity index (χ4n) is 1.52. The molecule has 0 fully saturated rings. The van der Waals surface area contributed by atoms with Crippen molar-refractivity contribution in [2.75, 3.05) is 17.8 Å². The lowest BCUT2D eigenvalue weighted by atomic mass is 10.1. The molecule has 0 aliphatic heterocycles. The van der Waals surface area contributed by atoms with Crippen molar-refractivity contribution in [3.05, 3.63) is 29.8 Å². The van der Waals surface area contributed by atoms with Gasteiger partial charge in [-0.2, -0.15) is 13.1 Å². The fraction of sp³-hybridized carbons (Fsp3) is 0.500. The minimum Gasteiger partial charge on any atom is -0.330 e. The molecular formula is C12H21N3O2S. The predicted octanol–water partition coefficient (Wildman–Crippen LogP) is 1.23. The lowest BCUT2D eigenvalue weighted by molar-refractivity contribution is 0.586. The Kier molecular flexibility index (Phi) is 6.11. The number of nitrogens with two attached hydrogens (primary N) is 1. The van der Waals surface area contributed by atoms with Gasteiger partial charge >= 0.3 is 0 Å². The van der Waals surface area contributed by atoms with E-state index in [4.69, 9.17) is 5.73 Å². The van der Waals surface area contributed by atoms with E-state index in [2.05, 4.69) is 9.44 Å². The predicted molar refractivity (Wildman–Crippen MR) is 74.7 cm³/mol. The molecule has 0 radical (unpaired) electrons. The average Bonchev–Trinajstić information content (AvgIpc) is 2.34. The van der Waals surface area contributed by atoms with Crippen LogP contribution in [-0.2, 0) is 16.6 Å². The third-order valence-corrected chi connectivity index (χ3v) is 3.48. The molecule has 0 amide bonds. The van der Waals surface area contributed by atoms with Gasteiger partial charge in [-0.05, 0) is 43.5 Å². The van der Waals surface area contributed by atoms with Crippen LogP contribution in [0.5, 0.6) is 0 Å². The molecule has 0 aromatic heterocycles. The summed E-state index contributed by atoms with van der Waals surface area (Å²) < 4.78 is 28.2. The monoisotopic (exact) mass is 271 g/mol. The second-order valence-corrected chi connectivity index (χ2v) is 5.59. The van der Waals surface area contributed by atoms with E-state index >= 15 is 0 Å². The molecule has 0 bridgehead atoms. The Bertz CT molecular complexity index is 460. The van der Waals surface area contributed by atoms with E-state index < -0.39 is 10.2 Å².